The van der Waals surface area contributed by atoms with Crippen LogP contribution in [0.1, 0.15) is 42.5 Å². The van der Waals surface area contributed by atoms with E-state index in [4.69, 9.17) is 21.3 Å². The molecule has 1 amide bonds. The van der Waals surface area contributed by atoms with Gasteiger partial charge in [0.2, 0.25) is 12.5 Å². The lowest BCUT2D eigenvalue weighted by molar-refractivity contribution is -0.128. The molecule has 0 N–H and O–H groups in total. The molecular weight excluding hydrogens is 550 g/mol. The number of benzene rings is 2. The Labute approximate surface area is 260 Å². The molecule has 4 heterocycles. The Hall–Kier alpha value is -4.16. The van der Waals surface area contributed by atoms with Crippen LogP contribution in [0.25, 0.3) is 15.6 Å². The average molecular weight is 594 g/mol. The van der Waals surface area contributed by atoms with Gasteiger partial charge in [-0.05, 0) is 68.8 Å². The van der Waals surface area contributed by atoms with Crippen molar-refractivity contribution in [2.45, 2.75) is 51.6 Å². The summed E-state index contributed by atoms with van der Waals surface area (Å²) in [4.78, 5) is 35.2. The fourth-order valence-corrected chi connectivity index (χ4v) is 7.04. The van der Waals surface area contributed by atoms with Gasteiger partial charge in [0.15, 0.2) is 0 Å². The topological polar surface area (TPSA) is 69.4 Å². The van der Waals surface area contributed by atoms with Gasteiger partial charge in [-0.3, -0.25) is 4.79 Å². The van der Waals surface area contributed by atoms with Crippen molar-refractivity contribution in [2.75, 3.05) is 68.8 Å². The molecular formula is C35H43N7O2. The third-order valence-electron chi connectivity index (χ3n) is 9.30. The number of aromatic nitrogens is 2. The first-order valence-corrected chi connectivity index (χ1v) is 16.0. The number of likely N-dealkylation sites (tertiary alicyclic amines) is 1. The Morgan fingerprint density at radius 3 is 2.68 bits per heavy atom. The van der Waals surface area contributed by atoms with Crippen LogP contribution in [0.15, 0.2) is 49.1 Å². The van der Waals surface area contributed by atoms with Gasteiger partial charge in [0.05, 0.1) is 18.8 Å². The smallest absolute Gasteiger partial charge is 0.318 e. The number of rotatable bonds is 9. The molecule has 230 valence electrons. The molecule has 2 fully saturated rings. The number of aryl methyl sites for hydroxylation is 1. The molecule has 2 aromatic carbocycles. The van der Waals surface area contributed by atoms with E-state index in [0.717, 1.165) is 43.0 Å². The summed E-state index contributed by atoms with van der Waals surface area (Å²) in [5.74, 6) is 0.761. The molecule has 1 atom stereocenters. The highest BCUT2D eigenvalue weighted by molar-refractivity contribution is 5.97. The lowest BCUT2D eigenvalue weighted by Gasteiger charge is -2.41. The number of ether oxygens (including phenoxy) is 1. The molecule has 44 heavy (non-hydrogen) atoms. The summed E-state index contributed by atoms with van der Waals surface area (Å²) in [6, 6.07) is 13.2. The molecule has 3 aromatic rings. The SMILES string of the molecule is [C-]#[N+]C[C@H]1CN(c2nc(OCCCN3CCCCC3)nc3c2CCN(c2cccc4cccc(C)c24)C3)CCN1C(=O)C=C. The predicted octanol–water partition coefficient (Wildman–Crippen LogP) is 4.88. The highest BCUT2D eigenvalue weighted by Crippen LogP contribution is 2.36. The maximum absolute atomic E-state index is 12.6. The van der Waals surface area contributed by atoms with Gasteiger partial charge in [0, 0.05) is 49.4 Å². The van der Waals surface area contributed by atoms with E-state index in [0.29, 0.717) is 38.8 Å². The summed E-state index contributed by atoms with van der Waals surface area (Å²) in [5, 5.41) is 2.53. The van der Waals surface area contributed by atoms with Crippen molar-refractivity contribution in [3.63, 3.8) is 0 Å². The number of carbonyl (C=O) groups is 1. The van der Waals surface area contributed by atoms with Crippen LogP contribution in [0.4, 0.5) is 11.5 Å². The molecule has 9 heteroatoms. The molecule has 9 nitrogen and oxygen atoms in total. The maximum atomic E-state index is 12.6. The van der Waals surface area contributed by atoms with Gasteiger partial charge in [-0.15, -0.1) is 0 Å². The van der Waals surface area contributed by atoms with Crippen LogP contribution in [0, 0.1) is 13.5 Å². The number of piperazine rings is 1. The van der Waals surface area contributed by atoms with E-state index in [1.54, 1.807) is 4.90 Å². The van der Waals surface area contributed by atoms with Gasteiger partial charge >= 0.3 is 6.01 Å². The third-order valence-corrected chi connectivity index (χ3v) is 9.30. The molecule has 3 aliphatic rings. The van der Waals surface area contributed by atoms with E-state index in [1.165, 1.54) is 60.5 Å². The molecule has 0 saturated carbocycles. The zero-order chi connectivity index (χ0) is 30.5. The molecule has 2 saturated heterocycles. The fourth-order valence-electron chi connectivity index (χ4n) is 7.04. The first-order chi connectivity index (χ1) is 21.6. The lowest BCUT2D eigenvalue weighted by Crippen LogP contribution is -2.56. The Balaban J connectivity index is 1.28. The van der Waals surface area contributed by atoms with Crippen molar-refractivity contribution in [1.82, 2.24) is 19.8 Å². The van der Waals surface area contributed by atoms with Crippen molar-refractivity contribution in [3.05, 3.63) is 77.3 Å². The quantitative estimate of drug-likeness (QED) is 0.199. The molecule has 0 bridgehead atoms. The average Bonchev–Trinajstić information content (AvgIpc) is 3.06. The van der Waals surface area contributed by atoms with E-state index < -0.39 is 0 Å². The molecule has 3 aliphatic heterocycles. The van der Waals surface area contributed by atoms with Crippen LogP contribution < -0.4 is 14.5 Å². The Morgan fingerprint density at radius 2 is 1.89 bits per heavy atom. The number of amides is 1. The molecule has 0 radical (unpaired) electrons. The van der Waals surface area contributed by atoms with Crippen LogP contribution in [0.3, 0.4) is 0 Å². The minimum absolute atomic E-state index is 0.123. The van der Waals surface area contributed by atoms with Gasteiger partial charge in [0.25, 0.3) is 0 Å². The minimum Gasteiger partial charge on any atom is -0.463 e. The zero-order valence-corrected chi connectivity index (χ0v) is 25.9. The van der Waals surface area contributed by atoms with E-state index in [9.17, 15) is 4.79 Å². The first-order valence-electron chi connectivity index (χ1n) is 16.0. The Bertz CT molecular complexity index is 1540. The van der Waals surface area contributed by atoms with Gasteiger partial charge in [-0.1, -0.05) is 43.3 Å². The van der Waals surface area contributed by atoms with Crippen molar-refractivity contribution >= 4 is 28.2 Å². The molecule has 1 aromatic heterocycles. The van der Waals surface area contributed by atoms with Crippen LogP contribution in [0.2, 0.25) is 0 Å². The number of fused-ring (bicyclic) bond motifs is 2. The second-order valence-corrected chi connectivity index (χ2v) is 12.2. The first kappa shape index (κ1) is 29.9. The van der Waals surface area contributed by atoms with Crippen LogP contribution in [0.5, 0.6) is 6.01 Å². The van der Waals surface area contributed by atoms with Crippen molar-refractivity contribution in [1.29, 1.82) is 0 Å². The van der Waals surface area contributed by atoms with E-state index in [-0.39, 0.29) is 18.5 Å². The van der Waals surface area contributed by atoms with Gasteiger partial charge in [0.1, 0.15) is 11.9 Å². The second-order valence-electron chi connectivity index (χ2n) is 12.2. The monoisotopic (exact) mass is 593 g/mol. The summed E-state index contributed by atoms with van der Waals surface area (Å²) in [7, 11) is 0. The number of anilines is 2. The summed E-state index contributed by atoms with van der Waals surface area (Å²) in [6.45, 7) is 20.8. The Kier molecular flexibility index (Phi) is 9.27. The summed E-state index contributed by atoms with van der Waals surface area (Å²) in [6.07, 6.45) is 6.99. The fraction of sp³-hybridized carbons (Fsp3) is 0.486. The van der Waals surface area contributed by atoms with Crippen molar-refractivity contribution in [2.24, 2.45) is 0 Å². The molecule has 6 rings (SSSR count). The van der Waals surface area contributed by atoms with Crippen molar-refractivity contribution < 1.29 is 9.53 Å². The van der Waals surface area contributed by atoms with Crippen LogP contribution >= 0.6 is 0 Å². The summed E-state index contributed by atoms with van der Waals surface area (Å²) in [5.41, 5.74) is 4.63. The molecule has 0 spiro atoms. The molecule has 0 unspecified atom stereocenters. The second kappa shape index (κ2) is 13.6. The number of hydrogen-bond donors (Lipinski definition) is 0. The maximum Gasteiger partial charge on any atom is 0.318 e. The number of carbonyl (C=O) groups excluding carboxylic acids is 1. The largest absolute Gasteiger partial charge is 0.463 e. The van der Waals surface area contributed by atoms with E-state index in [2.05, 4.69) is 69.4 Å². The number of piperidine rings is 1. The standard InChI is InChI=1S/C35H43N7O2/c1-4-32(43)42-21-20-41(24-28(42)23-36-3)34-29-15-19-40(31-14-9-13-27-12-8-11-26(2)33(27)31)25-30(29)37-35(38-34)44-22-10-18-39-16-6-5-7-17-39/h4,8-9,11-14,28H,1,5-7,10,15-25H2,2H3/t28-/m0/s1. The van der Waals surface area contributed by atoms with Gasteiger partial charge < -0.3 is 29.2 Å². The third kappa shape index (κ3) is 6.36. The summed E-state index contributed by atoms with van der Waals surface area (Å²) >= 11 is 0. The predicted molar refractivity (Wildman–Crippen MR) is 175 cm³/mol. The van der Waals surface area contributed by atoms with Gasteiger partial charge in [-0.25, -0.2) is 6.57 Å². The lowest BCUT2D eigenvalue weighted by atomic mass is 9.99. The minimum atomic E-state index is -0.218. The highest BCUT2D eigenvalue weighted by Gasteiger charge is 2.35. The normalized spacial score (nSPS) is 19.0. The zero-order valence-electron chi connectivity index (χ0n) is 25.9. The molecule has 0 aliphatic carbocycles. The van der Waals surface area contributed by atoms with Crippen LogP contribution in [-0.2, 0) is 17.8 Å². The van der Waals surface area contributed by atoms with Crippen molar-refractivity contribution in [3.8, 4) is 6.01 Å². The number of hydrogen-bond acceptors (Lipinski definition) is 7. The van der Waals surface area contributed by atoms with Crippen LogP contribution in [-0.4, -0.2) is 90.7 Å². The number of nitrogens with zero attached hydrogens (tertiary/aromatic N) is 7. The van der Waals surface area contributed by atoms with E-state index >= 15 is 0 Å². The Morgan fingerprint density at radius 1 is 1.07 bits per heavy atom. The van der Waals surface area contributed by atoms with E-state index in [1.807, 2.05) is 0 Å². The summed E-state index contributed by atoms with van der Waals surface area (Å²) < 4.78 is 6.26. The van der Waals surface area contributed by atoms with Gasteiger partial charge in [-0.2, -0.15) is 9.97 Å². The highest BCUT2D eigenvalue weighted by atomic mass is 16.5.